The summed E-state index contributed by atoms with van der Waals surface area (Å²) in [6, 6.07) is 0. The van der Waals surface area contributed by atoms with E-state index >= 15 is 0 Å². The maximum absolute atomic E-state index is 11.8. The van der Waals surface area contributed by atoms with Crippen molar-refractivity contribution in [2.75, 3.05) is 12.3 Å². The Morgan fingerprint density at radius 3 is 2.68 bits per heavy atom. The highest BCUT2D eigenvalue weighted by Gasteiger charge is 2.45. The van der Waals surface area contributed by atoms with Gasteiger partial charge in [0.25, 0.3) is 0 Å². The van der Waals surface area contributed by atoms with Crippen molar-refractivity contribution >= 4 is 29.6 Å². The Bertz CT molecular complexity index is 663. The number of nitrogen functional groups attached to an aromatic ring is 1. The van der Waals surface area contributed by atoms with Gasteiger partial charge in [-0.2, -0.15) is 4.98 Å². The van der Waals surface area contributed by atoms with Crippen LogP contribution in [0.3, 0.4) is 0 Å². The van der Waals surface area contributed by atoms with E-state index in [-0.39, 0.29) is 10.3 Å². The molecule has 4 atom stereocenters. The van der Waals surface area contributed by atoms with Gasteiger partial charge in [-0.05, 0) is 15.9 Å². The van der Waals surface area contributed by atoms with E-state index in [4.69, 9.17) is 20.3 Å². The van der Waals surface area contributed by atoms with E-state index in [0.29, 0.717) is 0 Å². The van der Waals surface area contributed by atoms with Crippen LogP contribution in [-0.4, -0.2) is 54.5 Å². The van der Waals surface area contributed by atoms with Crippen molar-refractivity contribution in [2.45, 2.75) is 24.5 Å². The molecule has 1 aliphatic heterocycles. The molecule has 0 amide bonds. The highest BCUT2D eigenvalue weighted by Crippen LogP contribution is 2.38. The van der Waals surface area contributed by atoms with E-state index in [2.05, 4.69) is 25.4 Å². The van der Waals surface area contributed by atoms with Crippen molar-refractivity contribution in [1.82, 2.24) is 9.55 Å². The number of aliphatic hydroxyl groups excluding tert-OH is 2. The van der Waals surface area contributed by atoms with Crippen LogP contribution < -0.4 is 11.4 Å². The molecule has 1 aromatic rings. The van der Waals surface area contributed by atoms with E-state index in [9.17, 15) is 19.6 Å². The summed E-state index contributed by atoms with van der Waals surface area (Å²) in [5.41, 5.74) is 4.62. The number of aromatic nitrogens is 2. The van der Waals surface area contributed by atoms with E-state index in [1.807, 2.05) is 0 Å². The summed E-state index contributed by atoms with van der Waals surface area (Å²) in [6.07, 6.45) is -4.37. The van der Waals surface area contributed by atoms with Crippen molar-refractivity contribution in [2.24, 2.45) is 0 Å². The number of halogens is 1. The van der Waals surface area contributed by atoms with Gasteiger partial charge >= 0.3 is 13.5 Å². The zero-order valence-electron chi connectivity index (χ0n) is 10.8. The first kappa shape index (κ1) is 17.5. The fourth-order valence-electron chi connectivity index (χ4n) is 1.91. The third-order valence-corrected chi connectivity index (χ3v) is 4.05. The summed E-state index contributed by atoms with van der Waals surface area (Å²) >= 11 is 3.06. The third kappa shape index (κ3) is 3.73. The lowest BCUT2D eigenvalue weighted by atomic mass is 10.1. The molecular weight excluding hydrogens is 389 g/mol. The van der Waals surface area contributed by atoms with Crippen LogP contribution in [0.4, 0.5) is 5.82 Å². The fourth-order valence-corrected chi connectivity index (χ4v) is 2.56. The standard InChI is InChI=1S/C9H13BrN3O8P/c10-3-1-13(9(16)12-7(3)11)8-6(15)5(14)4(21-8)2-20-22(17,18)19/h1,4-6,8,14-15H,2H2,(H2,11,12,16)(H2,17,18,19). The van der Waals surface area contributed by atoms with Gasteiger partial charge in [-0.3, -0.25) is 9.09 Å². The smallest absolute Gasteiger partial charge is 0.387 e. The van der Waals surface area contributed by atoms with E-state index in [0.717, 1.165) is 4.57 Å². The average Bonchev–Trinajstić information content (AvgIpc) is 2.68. The van der Waals surface area contributed by atoms with Crippen molar-refractivity contribution in [3.05, 3.63) is 21.2 Å². The maximum Gasteiger partial charge on any atom is 0.469 e. The Hall–Kier alpha value is -0.850. The van der Waals surface area contributed by atoms with Crippen LogP contribution in [0.2, 0.25) is 0 Å². The predicted octanol–water partition coefficient (Wildman–Crippen LogP) is -1.68. The second-order valence-electron chi connectivity index (χ2n) is 4.50. The lowest BCUT2D eigenvalue weighted by Gasteiger charge is -2.17. The number of rotatable bonds is 4. The highest BCUT2D eigenvalue weighted by molar-refractivity contribution is 9.10. The number of ether oxygens (including phenoxy) is 1. The van der Waals surface area contributed by atoms with E-state index < -0.39 is 44.7 Å². The molecule has 1 aromatic heterocycles. The van der Waals surface area contributed by atoms with Gasteiger partial charge in [0.15, 0.2) is 6.23 Å². The summed E-state index contributed by atoms with van der Waals surface area (Å²) in [4.78, 5) is 32.5. The summed E-state index contributed by atoms with van der Waals surface area (Å²) in [6.45, 7) is -0.669. The molecule has 4 unspecified atom stereocenters. The van der Waals surface area contributed by atoms with Crippen LogP contribution in [0.15, 0.2) is 15.5 Å². The monoisotopic (exact) mass is 401 g/mol. The Kier molecular flexibility index (Phi) is 5.04. The fraction of sp³-hybridized carbons (Fsp3) is 0.556. The second-order valence-corrected chi connectivity index (χ2v) is 6.59. The molecule has 124 valence electrons. The number of aliphatic hydroxyl groups is 2. The minimum absolute atomic E-state index is 0.0596. The SMILES string of the molecule is Nc1nc(=O)n(C2OC(COP(=O)(O)O)C(O)C2O)cc1Br. The Labute approximate surface area is 131 Å². The Morgan fingerprint density at radius 2 is 2.09 bits per heavy atom. The van der Waals surface area contributed by atoms with Crippen molar-refractivity contribution in [3.8, 4) is 0 Å². The molecule has 1 fully saturated rings. The van der Waals surface area contributed by atoms with Crippen LogP contribution >= 0.6 is 23.8 Å². The van der Waals surface area contributed by atoms with Gasteiger partial charge in [0, 0.05) is 6.20 Å². The number of phosphoric acid groups is 1. The molecule has 22 heavy (non-hydrogen) atoms. The number of hydrogen-bond donors (Lipinski definition) is 5. The lowest BCUT2D eigenvalue weighted by Crippen LogP contribution is -2.36. The van der Waals surface area contributed by atoms with Gasteiger partial charge in [0.2, 0.25) is 0 Å². The summed E-state index contributed by atoms with van der Waals surface area (Å²) < 4.78 is 21.3. The first-order valence-electron chi connectivity index (χ1n) is 5.86. The van der Waals surface area contributed by atoms with E-state index in [1.54, 1.807) is 0 Å². The first-order valence-corrected chi connectivity index (χ1v) is 8.18. The van der Waals surface area contributed by atoms with Crippen LogP contribution in [0, 0.1) is 0 Å². The normalized spacial score (nSPS) is 29.0. The van der Waals surface area contributed by atoms with Gasteiger partial charge in [0.1, 0.15) is 24.1 Å². The third-order valence-electron chi connectivity index (χ3n) is 2.95. The Balaban J connectivity index is 2.22. The molecule has 1 saturated heterocycles. The largest absolute Gasteiger partial charge is 0.469 e. The van der Waals surface area contributed by atoms with Crippen molar-refractivity contribution in [1.29, 1.82) is 0 Å². The lowest BCUT2D eigenvalue weighted by molar-refractivity contribution is -0.0543. The molecule has 0 aromatic carbocycles. The molecule has 0 aliphatic carbocycles. The van der Waals surface area contributed by atoms with Crippen molar-refractivity contribution in [3.63, 3.8) is 0 Å². The van der Waals surface area contributed by atoms with Crippen LogP contribution in [0.5, 0.6) is 0 Å². The number of hydrogen-bond acceptors (Lipinski definition) is 8. The Morgan fingerprint density at radius 1 is 1.45 bits per heavy atom. The summed E-state index contributed by atoms with van der Waals surface area (Å²) in [5, 5.41) is 19.8. The molecule has 2 rings (SSSR count). The number of nitrogens with zero attached hydrogens (tertiary/aromatic N) is 2. The number of phosphoric ester groups is 1. The number of nitrogens with two attached hydrogens (primary N) is 1. The molecule has 13 heteroatoms. The van der Waals surface area contributed by atoms with Gasteiger partial charge in [-0.15, -0.1) is 0 Å². The van der Waals surface area contributed by atoms with Crippen LogP contribution in [0.1, 0.15) is 6.23 Å². The molecule has 0 bridgehead atoms. The minimum Gasteiger partial charge on any atom is -0.387 e. The molecule has 0 saturated carbocycles. The summed E-state index contributed by atoms with van der Waals surface area (Å²) in [7, 11) is -4.76. The molecule has 6 N–H and O–H groups in total. The predicted molar refractivity (Wildman–Crippen MR) is 74.5 cm³/mol. The van der Waals surface area contributed by atoms with Gasteiger partial charge in [-0.1, -0.05) is 0 Å². The van der Waals surface area contributed by atoms with Gasteiger partial charge < -0.3 is 30.5 Å². The van der Waals surface area contributed by atoms with E-state index in [1.165, 1.54) is 6.20 Å². The minimum atomic E-state index is -4.76. The summed E-state index contributed by atoms with van der Waals surface area (Å²) in [5.74, 6) is -0.0596. The quantitative estimate of drug-likeness (QED) is 0.365. The average molecular weight is 402 g/mol. The number of anilines is 1. The second kappa shape index (κ2) is 6.34. The molecule has 1 aliphatic rings. The van der Waals surface area contributed by atoms with Crippen LogP contribution in [-0.2, 0) is 13.8 Å². The van der Waals surface area contributed by atoms with Gasteiger partial charge in [-0.25, -0.2) is 9.36 Å². The molecule has 2 heterocycles. The molecule has 11 nitrogen and oxygen atoms in total. The zero-order valence-corrected chi connectivity index (χ0v) is 13.3. The highest BCUT2D eigenvalue weighted by atomic mass is 79.9. The van der Waals surface area contributed by atoms with Gasteiger partial charge in [0.05, 0.1) is 11.1 Å². The maximum atomic E-state index is 11.8. The van der Waals surface area contributed by atoms with Crippen LogP contribution in [0.25, 0.3) is 0 Å². The topological polar surface area (TPSA) is 177 Å². The molecular formula is C9H13BrN3O8P. The molecule has 0 spiro atoms. The van der Waals surface area contributed by atoms with Crippen molar-refractivity contribution < 1.29 is 33.8 Å². The molecule has 0 radical (unpaired) electrons. The first-order chi connectivity index (χ1) is 10.1. The zero-order chi connectivity index (χ0) is 16.7.